The molecule has 5 heteroatoms. The molecule has 1 saturated heterocycles. The number of aryl methyl sites for hydroxylation is 2. The number of hydrogen-bond acceptors (Lipinski definition) is 4. The first-order valence-electron chi connectivity index (χ1n) is 8.88. The first-order chi connectivity index (χ1) is 12.1. The van der Waals surface area contributed by atoms with Crippen molar-refractivity contribution in [1.82, 2.24) is 19.8 Å². The maximum Gasteiger partial charge on any atom is 0.151 e. The van der Waals surface area contributed by atoms with Gasteiger partial charge in [-0.15, -0.1) is 0 Å². The molecule has 0 amide bonds. The molecule has 5 nitrogen and oxygen atoms in total. The van der Waals surface area contributed by atoms with Gasteiger partial charge in [-0.25, -0.2) is 0 Å². The topological polar surface area (TPSA) is 47.1 Å². The van der Waals surface area contributed by atoms with E-state index in [-0.39, 0.29) is 0 Å². The Morgan fingerprint density at radius 3 is 2.72 bits per heavy atom. The fourth-order valence-electron chi connectivity index (χ4n) is 3.95. The van der Waals surface area contributed by atoms with Crippen LogP contribution in [0.25, 0.3) is 11.3 Å². The molecule has 1 aliphatic heterocycles. The Bertz CT molecular complexity index is 865. The lowest BCUT2D eigenvalue weighted by Crippen LogP contribution is -2.23. The van der Waals surface area contributed by atoms with Crippen molar-refractivity contribution in [2.24, 2.45) is 7.05 Å². The fourth-order valence-corrected chi connectivity index (χ4v) is 3.95. The van der Waals surface area contributed by atoms with Gasteiger partial charge in [0.1, 0.15) is 5.69 Å². The molecule has 3 heterocycles. The predicted octanol–water partition coefficient (Wildman–Crippen LogP) is 4.03. The molecule has 1 aromatic carbocycles. The average molecular weight is 336 g/mol. The van der Waals surface area contributed by atoms with Gasteiger partial charge in [-0.2, -0.15) is 5.10 Å². The molecule has 0 spiro atoms. The van der Waals surface area contributed by atoms with E-state index in [4.69, 9.17) is 4.52 Å². The molecule has 1 aliphatic rings. The van der Waals surface area contributed by atoms with Gasteiger partial charge in [0.2, 0.25) is 0 Å². The van der Waals surface area contributed by atoms with Gasteiger partial charge < -0.3 is 4.52 Å². The van der Waals surface area contributed by atoms with Crippen LogP contribution >= 0.6 is 0 Å². The van der Waals surface area contributed by atoms with E-state index in [0.717, 1.165) is 35.8 Å². The maximum absolute atomic E-state index is 5.62. The summed E-state index contributed by atoms with van der Waals surface area (Å²) < 4.78 is 7.61. The van der Waals surface area contributed by atoms with Gasteiger partial charge >= 0.3 is 0 Å². The minimum Gasteiger partial charge on any atom is -0.359 e. The molecular weight excluding hydrogens is 312 g/mol. The summed E-state index contributed by atoms with van der Waals surface area (Å²) in [6.45, 7) is 6.15. The summed E-state index contributed by atoms with van der Waals surface area (Å²) in [6, 6.07) is 12.7. The van der Waals surface area contributed by atoms with Crippen molar-refractivity contribution in [3.05, 3.63) is 59.1 Å². The van der Waals surface area contributed by atoms with Crippen LogP contribution in [0.5, 0.6) is 0 Å². The van der Waals surface area contributed by atoms with Crippen molar-refractivity contribution >= 4 is 0 Å². The normalized spacial score (nSPS) is 18.1. The summed E-state index contributed by atoms with van der Waals surface area (Å²) in [5, 5.41) is 8.84. The molecule has 1 atom stereocenters. The molecule has 4 rings (SSSR count). The quantitative estimate of drug-likeness (QED) is 0.722. The van der Waals surface area contributed by atoms with Crippen molar-refractivity contribution in [2.75, 3.05) is 6.54 Å². The zero-order valence-electron chi connectivity index (χ0n) is 15.1. The van der Waals surface area contributed by atoms with E-state index in [0.29, 0.717) is 6.04 Å². The van der Waals surface area contributed by atoms with Gasteiger partial charge in [0.15, 0.2) is 5.76 Å². The largest absolute Gasteiger partial charge is 0.359 e. The first kappa shape index (κ1) is 16.1. The number of aromatic nitrogens is 3. The third-order valence-corrected chi connectivity index (χ3v) is 5.25. The Balaban J connectivity index is 1.55. The molecule has 1 fully saturated rings. The smallest absolute Gasteiger partial charge is 0.151 e. The number of rotatable bonds is 4. The second-order valence-electron chi connectivity index (χ2n) is 6.88. The number of hydrogen-bond donors (Lipinski definition) is 0. The summed E-state index contributed by atoms with van der Waals surface area (Å²) in [4.78, 5) is 2.49. The van der Waals surface area contributed by atoms with E-state index in [1.807, 2.05) is 29.9 Å². The number of nitrogens with zero attached hydrogens (tertiary/aromatic N) is 4. The summed E-state index contributed by atoms with van der Waals surface area (Å²) >= 11 is 0. The molecule has 0 saturated carbocycles. The molecule has 25 heavy (non-hydrogen) atoms. The van der Waals surface area contributed by atoms with Gasteiger partial charge in [0, 0.05) is 36.0 Å². The zero-order chi connectivity index (χ0) is 17.4. The molecule has 0 aliphatic carbocycles. The molecule has 0 N–H and O–H groups in total. The van der Waals surface area contributed by atoms with Crippen molar-refractivity contribution in [2.45, 2.75) is 39.3 Å². The van der Waals surface area contributed by atoms with Crippen molar-refractivity contribution in [3.8, 4) is 11.3 Å². The number of benzene rings is 1. The van der Waals surface area contributed by atoms with Crippen LogP contribution in [-0.4, -0.2) is 26.4 Å². The lowest BCUT2D eigenvalue weighted by molar-refractivity contribution is 0.216. The van der Waals surface area contributed by atoms with Crippen LogP contribution in [0.3, 0.4) is 0 Å². The van der Waals surface area contributed by atoms with E-state index >= 15 is 0 Å². The fraction of sp³-hybridized carbons (Fsp3) is 0.400. The van der Waals surface area contributed by atoms with Crippen molar-refractivity contribution < 1.29 is 4.52 Å². The van der Waals surface area contributed by atoms with Crippen LogP contribution in [0.1, 0.15) is 41.6 Å². The second-order valence-corrected chi connectivity index (χ2v) is 6.88. The van der Waals surface area contributed by atoms with Gasteiger partial charge in [0.25, 0.3) is 0 Å². The van der Waals surface area contributed by atoms with Gasteiger partial charge in [-0.3, -0.25) is 9.58 Å². The predicted molar refractivity (Wildman–Crippen MR) is 97.0 cm³/mol. The third-order valence-electron chi connectivity index (χ3n) is 5.25. The van der Waals surface area contributed by atoms with Crippen LogP contribution in [0, 0.1) is 13.8 Å². The molecule has 0 radical (unpaired) electrons. The monoisotopic (exact) mass is 336 g/mol. The highest BCUT2D eigenvalue weighted by atomic mass is 16.5. The Kier molecular flexibility index (Phi) is 4.17. The Morgan fingerprint density at radius 1 is 1.20 bits per heavy atom. The Labute approximate surface area is 148 Å². The maximum atomic E-state index is 5.62. The van der Waals surface area contributed by atoms with Crippen molar-refractivity contribution in [3.63, 3.8) is 0 Å². The first-order valence-corrected chi connectivity index (χ1v) is 8.88. The summed E-state index contributed by atoms with van der Waals surface area (Å²) in [6.07, 6.45) is 2.38. The summed E-state index contributed by atoms with van der Waals surface area (Å²) in [5.74, 6) is 0.921. The van der Waals surface area contributed by atoms with Crippen LogP contribution in [-0.2, 0) is 13.6 Å². The lowest BCUT2D eigenvalue weighted by atomic mass is 10.0. The van der Waals surface area contributed by atoms with Crippen molar-refractivity contribution in [1.29, 1.82) is 0 Å². The highest BCUT2D eigenvalue weighted by molar-refractivity contribution is 5.58. The van der Waals surface area contributed by atoms with Crippen LogP contribution in [0.15, 0.2) is 40.9 Å². The minimum atomic E-state index is 0.416. The third kappa shape index (κ3) is 3.00. The lowest BCUT2D eigenvalue weighted by Gasteiger charge is -2.23. The van der Waals surface area contributed by atoms with Gasteiger partial charge in [-0.1, -0.05) is 35.5 Å². The average Bonchev–Trinajstić information content (AvgIpc) is 3.31. The van der Waals surface area contributed by atoms with E-state index in [9.17, 15) is 0 Å². The zero-order valence-corrected chi connectivity index (χ0v) is 15.1. The van der Waals surface area contributed by atoms with Gasteiger partial charge in [-0.05, 0) is 33.2 Å². The van der Waals surface area contributed by atoms with E-state index in [1.165, 1.54) is 24.1 Å². The molecular formula is C20H24N4O. The van der Waals surface area contributed by atoms with Crippen LogP contribution in [0.4, 0.5) is 0 Å². The SMILES string of the molecule is Cc1nn(C)c(C)c1[C@@H]1CCCN1Cc1cc(-c2ccccc2)no1. The number of likely N-dealkylation sites (tertiary alicyclic amines) is 1. The molecule has 3 aromatic rings. The molecule has 0 bridgehead atoms. The Hall–Kier alpha value is -2.40. The minimum absolute atomic E-state index is 0.416. The molecule has 2 aromatic heterocycles. The van der Waals surface area contributed by atoms with Crippen LogP contribution in [0.2, 0.25) is 0 Å². The Morgan fingerprint density at radius 2 is 2.00 bits per heavy atom. The highest BCUT2D eigenvalue weighted by Crippen LogP contribution is 2.36. The standard InChI is InChI=1S/C20H24N4O/c1-14-20(15(2)23(3)21-14)19-10-7-11-24(19)13-17-12-18(22-25-17)16-8-5-4-6-9-16/h4-6,8-9,12,19H,7,10-11,13H2,1-3H3/t19-/m0/s1. The second kappa shape index (κ2) is 6.48. The summed E-state index contributed by atoms with van der Waals surface area (Å²) in [5.41, 5.74) is 5.77. The molecule has 130 valence electrons. The van der Waals surface area contributed by atoms with E-state index in [2.05, 4.69) is 47.2 Å². The van der Waals surface area contributed by atoms with Crippen LogP contribution < -0.4 is 0 Å². The highest BCUT2D eigenvalue weighted by Gasteiger charge is 2.31. The van der Waals surface area contributed by atoms with E-state index in [1.54, 1.807) is 0 Å². The van der Waals surface area contributed by atoms with Gasteiger partial charge in [0.05, 0.1) is 12.2 Å². The van der Waals surface area contributed by atoms with E-state index < -0.39 is 0 Å². The summed E-state index contributed by atoms with van der Waals surface area (Å²) in [7, 11) is 2.02. The molecule has 0 unspecified atom stereocenters.